The molecule has 27 heavy (non-hydrogen) atoms. The Balaban J connectivity index is 1.73. The summed E-state index contributed by atoms with van der Waals surface area (Å²) < 4.78 is 28.5. The Hall–Kier alpha value is -3.15. The van der Waals surface area contributed by atoms with Gasteiger partial charge in [0.15, 0.2) is 11.6 Å². The topological polar surface area (TPSA) is 63.1 Å². The van der Waals surface area contributed by atoms with E-state index in [1.807, 2.05) is 0 Å². The maximum atomic E-state index is 15.5. The summed E-state index contributed by atoms with van der Waals surface area (Å²) >= 11 is 0. The molecule has 136 valence electrons. The van der Waals surface area contributed by atoms with Gasteiger partial charge >= 0.3 is 5.97 Å². The fourth-order valence-electron chi connectivity index (χ4n) is 3.93. The van der Waals surface area contributed by atoms with E-state index in [0.29, 0.717) is 22.5 Å². The van der Waals surface area contributed by atoms with E-state index >= 15 is 4.39 Å². The van der Waals surface area contributed by atoms with Gasteiger partial charge in [-0.2, -0.15) is 0 Å². The number of nitrogens with zero attached hydrogens (tertiary/aromatic N) is 2. The lowest BCUT2D eigenvalue weighted by molar-refractivity contribution is -0.145. The van der Waals surface area contributed by atoms with Crippen molar-refractivity contribution in [2.24, 2.45) is 0 Å². The molecule has 1 N–H and O–H groups in total. The average Bonchev–Trinajstić information content (AvgIpc) is 3.21. The molecule has 0 saturated heterocycles. The lowest BCUT2D eigenvalue weighted by Crippen LogP contribution is -2.26. The van der Waals surface area contributed by atoms with Crippen LogP contribution in [0.15, 0.2) is 67.0 Å². The van der Waals surface area contributed by atoms with Gasteiger partial charge in [-0.15, -0.1) is 0 Å². The van der Waals surface area contributed by atoms with E-state index in [-0.39, 0.29) is 0 Å². The zero-order chi connectivity index (χ0) is 19.2. The van der Waals surface area contributed by atoms with Crippen LogP contribution in [-0.4, -0.2) is 26.7 Å². The van der Waals surface area contributed by atoms with Crippen LogP contribution in [-0.2, 0) is 10.2 Å². The molecule has 2 aromatic carbocycles. The summed E-state index contributed by atoms with van der Waals surface area (Å²) in [5.41, 5.74) is -1.72. The van der Waals surface area contributed by atoms with Gasteiger partial charge < -0.3 is 5.11 Å². The van der Waals surface area contributed by atoms with Crippen LogP contribution in [0.5, 0.6) is 0 Å². The Labute approximate surface area is 154 Å². The molecule has 0 aliphatic heterocycles. The summed E-state index contributed by atoms with van der Waals surface area (Å²) in [7, 11) is 0. The first-order valence-corrected chi connectivity index (χ1v) is 8.44. The van der Waals surface area contributed by atoms with Crippen LogP contribution in [0.3, 0.4) is 0 Å². The summed E-state index contributed by atoms with van der Waals surface area (Å²) in [6.45, 7) is 1.63. The minimum absolute atomic E-state index is 0.341. The highest BCUT2D eigenvalue weighted by molar-refractivity contribution is 5.89. The monoisotopic (exact) mass is 366 g/mol. The second kappa shape index (κ2) is 5.94. The van der Waals surface area contributed by atoms with Crippen LogP contribution >= 0.6 is 0 Å². The Morgan fingerprint density at radius 3 is 2.19 bits per heavy atom. The summed E-state index contributed by atoms with van der Waals surface area (Å²) in [5.74, 6) is -2.44. The maximum absolute atomic E-state index is 15.5. The molecule has 0 bridgehead atoms. The van der Waals surface area contributed by atoms with Gasteiger partial charge in [0.05, 0.1) is 12.4 Å². The molecule has 0 unspecified atom stereocenters. The van der Waals surface area contributed by atoms with Gasteiger partial charge in [-0.05, 0) is 11.1 Å². The molecule has 0 radical (unpaired) electrons. The first-order valence-electron chi connectivity index (χ1n) is 8.44. The number of halogens is 2. The van der Waals surface area contributed by atoms with E-state index in [2.05, 4.69) is 9.97 Å². The zero-order valence-electron chi connectivity index (χ0n) is 14.4. The maximum Gasteiger partial charge on any atom is 0.343 e. The molecule has 1 aliphatic carbocycles. The molecule has 1 heterocycles. The van der Waals surface area contributed by atoms with Crippen LogP contribution in [0, 0.1) is 5.82 Å². The molecule has 1 aromatic heterocycles. The molecular formula is C21H16F2N2O2. The second-order valence-electron chi connectivity index (χ2n) is 6.87. The predicted octanol–water partition coefficient (Wildman–Crippen LogP) is 4.13. The Morgan fingerprint density at radius 2 is 1.63 bits per heavy atom. The Bertz CT molecular complexity index is 993. The molecular weight excluding hydrogens is 350 g/mol. The smallest absolute Gasteiger partial charge is 0.343 e. The third kappa shape index (κ3) is 2.44. The summed E-state index contributed by atoms with van der Waals surface area (Å²) in [6.07, 6.45) is 2.14. The number of benzene rings is 2. The van der Waals surface area contributed by atoms with Crippen molar-refractivity contribution in [1.82, 2.24) is 9.97 Å². The average molecular weight is 366 g/mol. The van der Waals surface area contributed by atoms with Gasteiger partial charge in [-0.1, -0.05) is 61.5 Å². The van der Waals surface area contributed by atoms with Gasteiger partial charge in [0.25, 0.3) is 0 Å². The van der Waals surface area contributed by atoms with E-state index in [1.165, 1.54) is 0 Å². The number of aromatic nitrogens is 2. The summed E-state index contributed by atoms with van der Waals surface area (Å²) in [4.78, 5) is 19.6. The molecule has 6 heteroatoms. The molecule has 1 saturated carbocycles. The quantitative estimate of drug-likeness (QED) is 0.754. The van der Waals surface area contributed by atoms with Crippen LogP contribution in [0.25, 0.3) is 11.4 Å². The van der Waals surface area contributed by atoms with Crippen molar-refractivity contribution in [3.8, 4) is 11.4 Å². The van der Waals surface area contributed by atoms with E-state index < -0.39 is 28.8 Å². The van der Waals surface area contributed by atoms with Crippen molar-refractivity contribution in [3.05, 3.63) is 83.9 Å². The molecule has 4 nitrogen and oxygen atoms in total. The number of hydrogen-bond acceptors (Lipinski definition) is 3. The van der Waals surface area contributed by atoms with Crippen molar-refractivity contribution in [2.75, 3.05) is 0 Å². The molecule has 1 fully saturated rings. The molecule has 4 rings (SSSR count). The number of carbonyl (C=O) groups is 1. The van der Waals surface area contributed by atoms with Crippen molar-refractivity contribution in [3.63, 3.8) is 0 Å². The van der Waals surface area contributed by atoms with Gasteiger partial charge in [-0.3, -0.25) is 0 Å². The van der Waals surface area contributed by atoms with Gasteiger partial charge in [-0.25, -0.2) is 23.5 Å². The fraction of sp³-hybridized carbons (Fsp3) is 0.190. The second-order valence-corrected chi connectivity index (χ2v) is 6.87. The van der Waals surface area contributed by atoms with Crippen LogP contribution in [0.4, 0.5) is 8.78 Å². The van der Waals surface area contributed by atoms with Crippen LogP contribution < -0.4 is 0 Å². The largest absolute Gasteiger partial charge is 0.479 e. The molecule has 3 aromatic rings. The molecule has 0 spiro atoms. The van der Waals surface area contributed by atoms with Crippen molar-refractivity contribution < 1.29 is 18.7 Å². The van der Waals surface area contributed by atoms with E-state index in [1.54, 1.807) is 61.5 Å². The molecule has 3 atom stereocenters. The minimum Gasteiger partial charge on any atom is -0.479 e. The zero-order valence-corrected chi connectivity index (χ0v) is 14.4. The van der Waals surface area contributed by atoms with Gasteiger partial charge in [0.1, 0.15) is 0 Å². The highest BCUT2D eigenvalue weighted by Crippen LogP contribution is 2.70. The summed E-state index contributed by atoms with van der Waals surface area (Å²) in [6, 6.07) is 15.6. The SMILES string of the molecule is C[C@@]1(c2ccc(-c3ncc(F)cn3)cc2)[C@H](c2ccccc2)[C@@]1(F)C(=O)O. The van der Waals surface area contributed by atoms with Crippen LogP contribution in [0.2, 0.25) is 0 Å². The normalized spacial score (nSPS) is 26.6. The standard InChI is InChI=1S/C21H16F2N2O2/c1-20(17(21(20,23)19(26)27)13-5-3-2-4-6-13)15-9-7-14(8-10-15)18-24-11-16(22)12-25-18/h2-12,17H,1H3,(H,26,27)/t17-,20+,21+/m0/s1. The van der Waals surface area contributed by atoms with Crippen LogP contribution in [0.1, 0.15) is 24.0 Å². The predicted molar refractivity (Wildman–Crippen MR) is 95.4 cm³/mol. The number of aliphatic carboxylic acids is 1. The first-order chi connectivity index (χ1) is 12.9. The Kier molecular flexibility index (Phi) is 3.80. The molecule has 0 amide bonds. The van der Waals surface area contributed by atoms with Gasteiger partial charge in [0, 0.05) is 16.9 Å². The van der Waals surface area contributed by atoms with E-state index in [9.17, 15) is 14.3 Å². The lowest BCUT2D eigenvalue weighted by Gasteiger charge is -2.13. The highest BCUT2D eigenvalue weighted by atomic mass is 19.1. The minimum atomic E-state index is -2.39. The van der Waals surface area contributed by atoms with Crippen molar-refractivity contribution >= 4 is 5.97 Å². The number of carboxylic acids is 1. The van der Waals surface area contributed by atoms with Crippen molar-refractivity contribution in [2.45, 2.75) is 23.9 Å². The number of rotatable bonds is 4. The van der Waals surface area contributed by atoms with Gasteiger partial charge in [0.2, 0.25) is 5.67 Å². The fourth-order valence-corrected chi connectivity index (χ4v) is 3.93. The molecule has 1 aliphatic rings. The Morgan fingerprint density at radius 1 is 1.04 bits per heavy atom. The number of carboxylic acid groups (broad SMARTS) is 1. The first kappa shape index (κ1) is 17.3. The third-order valence-electron chi connectivity index (χ3n) is 5.45. The van der Waals surface area contributed by atoms with Crippen molar-refractivity contribution in [1.29, 1.82) is 0 Å². The number of hydrogen-bond donors (Lipinski definition) is 1. The van der Waals surface area contributed by atoms with E-state index in [0.717, 1.165) is 12.4 Å². The summed E-state index contributed by atoms with van der Waals surface area (Å²) in [5, 5.41) is 9.57. The lowest BCUT2D eigenvalue weighted by atomic mass is 9.91. The number of alkyl halides is 1. The highest BCUT2D eigenvalue weighted by Gasteiger charge is 2.81. The van der Waals surface area contributed by atoms with E-state index in [4.69, 9.17) is 0 Å². The third-order valence-corrected chi connectivity index (χ3v) is 5.45.